The second-order valence-electron chi connectivity index (χ2n) is 5.23. The highest BCUT2D eigenvalue weighted by molar-refractivity contribution is 5.75. The van der Waals surface area contributed by atoms with Crippen LogP contribution in [0, 0.1) is 5.92 Å². The Labute approximate surface area is 124 Å². The van der Waals surface area contributed by atoms with E-state index in [0.29, 0.717) is 28.9 Å². The highest BCUT2D eigenvalue weighted by atomic mass is 16.5. The predicted molar refractivity (Wildman–Crippen MR) is 80.3 cm³/mol. The first-order valence-electron chi connectivity index (χ1n) is 6.79. The molecule has 1 unspecified atom stereocenters. The second kappa shape index (κ2) is 5.99. The van der Waals surface area contributed by atoms with Gasteiger partial charge in [0.2, 0.25) is 0 Å². The van der Waals surface area contributed by atoms with E-state index in [1.54, 1.807) is 31.0 Å². The van der Waals surface area contributed by atoms with Gasteiger partial charge in [0, 0.05) is 17.3 Å². The molecule has 0 saturated carbocycles. The molecule has 0 saturated heterocycles. The third kappa shape index (κ3) is 2.76. The number of hydrogen-bond donors (Lipinski definition) is 1. The average Bonchev–Trinajstić information content (AvgIpc) is 2.94. The lowest BCUT2D eigenvalue weighted by molar-refractivity contribution is 0.355. The summed E-state index contributed by atoms with van der Waals surface area (Å²) in [5.74, 6) is 2.19. The molecule has 7 nitrogen and oxygen atoms in total. The minimum atomic E-state index is 0.155. The summed E-state index contributed by atoms with van der Waals surface area (Å²) < 4.78 is 12.3. The van der Waals surface area contributed by atoms with Crippen molar-refractivity contribution in [1.29, 1.82) is 0 Å². The third-order valence-electron chi connectivity index (χ3n) is 3.64. The van der Waals surface area contributed by atoms with Crippen LogP contribution >= 0.6 is 0 Å². The van der Waals surface area contributed by atoms with Crippen molar-refractivity contribution in [3.8, 4) is 22.9 Å². The molecule has 0 amide bonds. The lowest BCUT2D eigenvalue weighted by atomic mass is 10.1. The summed E-state index contributed by atoms with van der Waals surface area (Å²) in [6.07, 6.45) is 0. The number of rotatable bonds is 5. The summed E-state index contributed by atoms with van der Waals surface area (Å²) in [5, 5.41) is 12.0. The van der Waals surface area contributed by atoms with Gasteiger partial charge in [0.25, 0.3) is 0 Å². The standard InChI is InChI=1S/C14H21N5O2/c1-8(2)9(3)19-14(16-17-18-19)10-6-12(20-4)13(21-5)7-11(10)15/h6-9H,15H2,1-5H3. The Hall–Kier alpha value is -2.31. The van der Waals surface area contributed by atoms with E-state index in [4.69, 9.17) is 15.2 Å². The number of nitrogens with two attached hydrogens (primary N) is 1. The molecule has 21 heavy (non-hydrogen) atoms. The van der Waals surface area contributed by atoms with Gasteiger partial charge in [-0.25, -0.2) is 4.68 Å². The molecular weight excluding hydrogens is 270 g/mol. The average molecular weight is 291 g/mol. The number of ether oxygens (including phenoxy) is 2. The SMILES string of the molecule is COc1cc(N)c(-c2nnnn2C(C)C(C)C)cc1OC. The van der Waals surface area contributed by atoms with Crippen LogP contribution in [0.25, 0.3) is 11.4 Å². The van der Waals surface area contributed by atoms with E-state index in [2.05, 4.69) is 36.3 Å². The van der Waals surface area contributed by atoms with Gasteiger partial charge in [-0.2, -0.15) is 0 Å². The molecule has 1 atom stereocenters. The zero-order valence-electron chi connectivity index (χ0n) is 13.0. The maximum absolute atomic E-state index is 6.11. The number of aromatic nitrogens is 4. The van der Waals surface area contributed by atoms with Crippen LogP contribution in [0.3, 0.4) is 0 Å². The summed E-state index contributed by atoms with van der Waals surface area (Å²) in [4.78, 5) is 0. The molecule has 0 aliphatic heterocycles. The Kier molecular flexibility index (Phi) is 4.30. The van der Waals surface area contributed by atoms with Crippen molar-refractivity contribution in [3.05, 3.63) is 12.1 Å². The van der Waals surface area contributed by atoms with Crippen LogP contribution in [0.4, 0.5) is 5.69 Å². The van der Waals surface area contributed by atoms with Crippen LogP contribution in [-0.2, 0) is 0 Å². The molecule has 2 aromatic rings. The van der Waals surface area contributed by atoms with Gasteiger partial charge < -0.3 is 15.2 Å². The third-order valence-corrected chi connectivity index (χ3v) is 3.64. The van der Waals surface area contributed by atoms with Gasteiger partial charge in [-0.05, 0) is 29.3 Å². The Bertz CT molecular complexity index is 624. The van der Waals surface area contributed by atoms with Crippen molar-refractivity contribution in [2.75, 3.05) is 20.0 Å². The number of nitrogen functional groups attached to an aromatic ring is 1. The van der Waals surface area contributed by atoms with Gasteiger partial charge in [-0.3, -0.25) is 0 Å². The maximum atomic E-state index is 6.11. The van der Waals surface area contributed by atoms with Crippen LogP contribution in [-0.4, -0.2) is 34.4 Å². The molecule has 114 valence electrons. The van der Waals surface area contributed by atoms with Gasteiger partial charge in [-0.1, -0.05) is 13.8 Å². The predicted octanol–water partition coefficient (Wildman–Crippen LogP) is 2.16. The topological polar surface area (TPSA) is 88.1 Å². The molecule has 0 aliphatic carbocycles. The monoisotopic (exact) mass is 291 g/mol. The summed E-state index contributed by atoms with van der Waals surface area (Å²) in [7, 11) is 3.15. The zero-order chi connectivity index (χ0) is 15.6. The first-order valence-corrected chi connectivity index (χ1v) is 6.79. The highest BCUT2D eigenvalue weighted by Crippen LogP contribution is 2.37. The Morgan fingerprint density at radius 2 is 1.71 bits per heavy atom. The summed E-state index contributed by atoms with van der Waals surface area (Å²) in [6, 6.07) is 3.67. The van der Waals surface area contributed by atoms with Crippen molar-refractivity contribution in [2.24, 2.45) is 5.92 Å². The fourth-order valence-corrected chi connectivity index (χ4v) is 2.02. The van der Waals surface area contributed by atoms with Crippen molar-refractivity contribution in [3.63, 3.8) is 0 Å². The summed E-state index contributed by atoms with van der Waals surface area (Å²) >= 11 is 0. The zero-order valence-corrected chi connectivity index (χ0v) is 13.0. The normalized spacial score (nSPS) is 12.5. The number of nitrogens with zero attached hydrogens (tertiary/aromatic N) is 4. The van der Waals surface area contributed by atoms with Gasteiger partial charge in [-0.15, -0.1) is 5.10 Å². The van der Waals surface area contributed by atoms with Crippen LogP contribution in [0.2, 0.25) is 0 Å². The number of benzene rings is 1. The molecule has 0 fully saturated rings. The molecule has 2 rings (SSSR count). The van der Waals surface area contributed by atoms with Crippen LogP contribution in [0.5, 0.6) is 11.5 Å². The molecule has 0 radical (unpaired) electrons. The quantitative estimate of drug-likeness (QED) is 0.849. The van der Waals surface area contributed by atoms with E-state index >= 15 is 0 Å². The molecular formula is C14H21N5O2. The Morgan fingerprint density at radius 1 is 1.10 bits per heavy atom. The number of tetrazole rings is 1. The van der Waals surface area contributed by atoms with Crippen molar-refractivity contribution in [1.82, 2.24) is 20.2 Å². The number of anilines is 1. The fourth-order valence-electron chi connectivity index (χ4n) is 2.02. The minimum Gasteiger partial charge on any atom is -0.493 e. The van der Waals surface area contributed by atoms with Gasteiger partial charge in [0.05, 0.1) is 20.3 Å². The Morgan fingerprint density at radius 3 is 2.29 bits per heavy atom. The lowest BCUT2D eigenvalue weighted by Crippen LogP contribution is -2.15. The fraction of sp³-hybridized carbons (Fsp3) is 0.500. The summed E-state index contributed by atoms with van der Waals surface area (Å²) in [5.41, 5.74) is 7.38. The maximum Gasteiger partial charge on any atom is 0.184 e. The first-order chi connectivity index (χ1) is 9.99. The van der Waals surface area contributed by atoms with E-state index in [1.807, 2.05) is 0 Å². The lowest BCUT2D eigenvalue weighted by Gasteiger charge is -2.18. The van der Waals surface area contributed by atoms with Gasteiger partial charge in [0.1, 0.15) is 0 Å². The van der Waals surface area contributed by atoms with Gasteiger partial charge >= 0.3 is 0 Å². The summed E-state index contributed by atoms with van der Waals surface area (Å²) in [6.45, 7) is 6.31. The number of methoxy groups -OCH3 is 2. The van der Waals surface area contributed by atoms with Gasteiger partial charge in [0.15, 0.2) is 17.3 Å². The van der Waals surface area contributed by atoms with Crippen molar-refractivity contribution in [2.45, 2.75) is 26.8 Å². The molecule has 2 N–H and O–H groups in total. The van der Waals surface area contributed by atoms with Crippen molar-refractivity contribution >= 4 is 5.69 Å². The molecule has 0 aliphatic rings. The molecule has 1 aromatic carbocycles. The van der Waals surface area contributed by atoms with E-state index in [1.165, 1.54) is 0 Å². The smallest absolute Gasteiger partial charge is 0.184 e. The molecule has 7 heteroatoms. The van der Waals surface area contributed by atoms with Crippen LogP contribution < -0.4 is 15.2 Å². The van der Waals surface area contributed by atoms with Crippen molar-refractivity contribution < 1.29 is 9.47 Å². The van der Waals surface area contributed by atoms with E-state index in [-0.39, 0.29) is 6.04 Å². The Balaban J connectivity index is 2.55. The molecule has 0 bridgehead atoms. The number of hydrogen-bond acceptors (Lipinski definition) is 6. The first kappa shape index (κ1) is 15.1. The second-order valence-corrected chi connectivity index (χ2v) is 5.23. The highest BCUT2D eigenvalue weighted by Gasteiger charge is 2.20. The van der Waals surface area contributed by atoms with Crippen LogP contribution in [0.15, 0.2) is 12.1 Å². The van der Waals surface area contributed by atoms with E-state index in [0.717, 1.165) is 5.56 Å². The largest absolute Gasteiger partial charge is 0.493 e. The molecule has 1 heterocycles. The van der Waals surface area contributed by atoms with E-state index < -0.39 is 0 Å². The molecule has 0 spiro atoms. The van der Waals surface area contributed by atoms with Crippen LogP contribution in [0.1, 0.15) is 26.8 Å². The van der Waals surface area contributed by atoms with E-state index in [9.17, 15) is 0 Å². The minimum absolute atomic E-state index is 0.155. The molecule has 1 aromatic heterocycles.